The number of rotatable bonds is 9. The minimum Gasteiger partial charge on any atom is -0.497 e. The number of aryl methyl sites for hydroxylation is 2. The van der Waals surface area contributed by atoms with Gasteiger partial charge in [0.2, 0.25) is 0 Å². The van der Waals surface area contributed by atoms with Gasteiger partial charge in [-0.1, -0.05) is 65.7 Å². The predicted molar refractivity (Wildman–Crippen MR) is 162 cm³/mol. The quantitative estimate of drug-likeness (QED) is 0.201. The van der Waals surface area contributed by atoms with Gasteiger partial charge >= 0.3 is 0 Å². The molecular formula is C32H30N2O5S2. The maximum atomic E-state index is 13.8. The van der Waals surface area contributed by atoms with E-state index in [9.17, 15) is 16.8 Å². The molecule has 0 aliphatic rings. The van der Waals surface area contributed by atoms with Crippen molar-refractivity contribution in [3.05, 3.63) is 132 Å². The second kappa shape index (κ2) is 11.3. The molecule has 1 heterocycles. The minimum absolute atomic E-state index is 0.0944. The van der Waals surface area contributed by atoms with Crippen LogP contribution < -0.4 is 4.74 Å². The maximum absolute atomic E-state index is 13.8. The molecule has 0 saturated carbocycles. The van der Waals surface area contributed by atoms with Gasteiger partial charge in [-0.25, -0.2) is 20.8 Å². The molecule has 9 heteroatoms. The molecule has 5 aromatic rings. The number of hydrogen-bond donors (Lipinski definition) is 0. The molecule has 41 heavy (non-hydrogen) atoms. The first-order chi connectivity index (χ1) is 19.6. The molecule has 1 aromatic heterocycles. The van der Waals surface area contributed by atoms with E-state index < -0.39 is 20.0 Å². The van der Waals surface area contributed by atoms with Crippen LogP contribution in [-0.2, 0) is 26.6 Å². The summed E-state index contributed by atoms with van der Waals surface area (Å²) in [6.07, 6.45) is 4.62. The van der Waals surface area contributed by atoms with E-state index in [2.05, 4.69) is 0 Å². The molecule has 5 rings (SSSR count). The van der Waals surface area contributed by atoms with E-state index in [-0.39, 0.29) is 16.3 Å². The van der Waals surface area contributed by atoms with Crippen LogP contribution in [0.2, 0.25) is 0 Å². The Kier molecular flexibility index (Phi) is 7.75. The van der Waals surface area contributed by atoms with E-state index in [0.29, 0.717) is 22.2 Å². The third-order valence-electron chi connectivity index (χ3n) is 6.82. The van der Waals surface area contributed by atoms with Crippen molar-refractivity contribution in [3.8, 4) is 5.75 Å². The highest BCUT2D eigenvalue weighted by molar-refractivity contribution is 7.90. The Balaban J connectivity index is 1.63. The molecule has 0 N–H and O–H groups in total. The van der Waals surface area contributed by atoms with E-state index in [1.165, 1.54) is 27.8 Å². The van der Waals surface area contributed by atoms with Gasteiger partial charge in [0.15, 0.2) is 0 Å². The Morgan fingerprint density at radius 2 is 1.39 bits per heavy atom. The van der Waals surface area contributed by atoms with Crippen LogP contribution in [-0.4, -0.2) is 32.2 Å². The highest BCUT2D eigenvalue weighted by Crippen LogP contribution is 2.31. The number of ether oxygens (including phenoxy) is 1. The zero-order chi connectivity index (χ0) is 29.2. The third-order valence-corrected chi connectivity index (χ3v) is 10.2. The minimum atomic E-state index is -3.93. The second-order valence-corrected chi connectivity index (χ2v) is 13.5. The summed E-state index contributed by atoms with van der Waals surface area (Å²) in [7, 11) is -6.32. The van der Waals surface area contributed by atoms with Crippen LogP contribution in [0, 0.1) is 13.8 Å². The molecule has 4 aromatic carbocycles. The summed E-state index contributed by atoms with van der Waals surface area (Å²) >= 11 is 0. The zero-order valence-electron chi connectivity index (χ0n) is 22.9. The topological polar surface area (TPSA) is 85.7 Å². The third kappa shape index (κ3) is 5.77. The normalized spacial score (nSPS) is 12.2. The van der Waals surface area contributed by atoms with Crippen molar-refractivity contribution in [1.82, 2.24) is 8.28 Å². The van der Waals surface area contributed by atoms with Crippen molar-refractivity contribution >= 4 is 37.0 Å². The lowest BCUT2D eigenvalue weighted by atomic mass is 10.1. The fourth-order valence-electron chi connectivity index (χ4n) is 4.48. The number of sulfonamides is 1. The first-order valence-electron chi connectivity index (χ1n) is 12.9. The molecule has 0 spiro atoms. The largest absolute Gasteiger partial charge is 0.497 e. The lowest BCUT2D eigenvalue weighted by Gasteiger charge is -2.21. The van der Waals surface area contributed by atoms with Crippen LogP contribution in [0.4, 0.5) is 0 Å². The SMILES string of the molecule is COc1ccc2c(c1)c(/C=C/N(Cc1ccccc1)S(=O)(=O)c1ccc(C)cc1)cn2S(=O)(=O)c1ccc(C)cc1. The fourth-order valence-corrected chi connectivity index (χ4v) is 7.15. The van der Waals surface area contributed by atoms with Gasteiger partial charge in [0.25, 0.3) is 20.0 Å². The average molecular weight is 587 g/mol. The van der Waals surface area contributed by atoms with Crippen molar-refractivity contribution in [3.63, 3.8) is 0 Å². The van der Waals surface area contributed by atoms with Gasteiger partial charge in [0, 0.05) is 23.3 Å². The van der Waals surface area contributed by atoms with Crippen LogP contribution in [0.25, 0.3) is 17.0 Å². The number of nitrogens with zero attached hydrogens (tertiary/aromatic N) is 2. The van der Waals surface area contributed by atoms with Gasteiger partial charge in [-0.2, -0.15) is 0 Å². The summed E-state index contributed by atoms with van der Waals surface area (Å²) in [5.41, 5.74) is 3.67. The number of fused-ring (bicyclic) bond motifs is 1. The molecule has 0 unspecified atom stereocenters. The van der Waals surface area contributed by atoms with Gasteiger partial charge in [-0.05, 0) is 68.0 Å². The van der Waals surface area contributed by atoms with Crippen LogP contribution in [0.3, 0.4) is 0 Å². The lowest BCUT2D eigenvalue weighted by Crippen LogP contribution is -2.25. The summed E-state index contributed by atoms with van der Waals surface area (Å²) in [4.78, 5) is 0.314. The molecule has 0 saturated heterocycles. The van der Waals surface area contributed by atoms with Gasteiger partial charge < -0.3 is 4.74 Å². The zero-order valence-corrected chi connectivity index (χ0v) is 24.6. The monoisotopic (exact) mass is 586 g/mol. The Morgan fingerprint density at radius 1 is 0.780 bits per heavy atom. The van der Waals surface area contributed by atoms with E-state index >= 15 is 0 Å². The fraction of sp³-hybridized carbons (Fsp3) is 0.125. The van der Waals surface area contributed by atoms with Crippen molar-refractivity contribution in [1.29, 1.82) is 0 Å². The van der Waals surface area contributed by atoms with Crippen molar-refractivity contribution in [2.24, 2.45) is 0 Å². The standard InChI is InChI=1S/C32H30N2O5S2/c1-24-9-14-29(15-10-24)40(35,36)33(22-26-7-5-4-6-8-26)20-19-27-23-34(32-18-13-28(39-3)21-31(27)32)41(37,38)30-16-11-25(2)12-17-30/h4-21,23H,22H2,1-3H3/b20-19+. The van der Waals surface area contributed by atoms with E-state index in [0.717, 1.165) is 16.7 Å². The first-order valence-corrected chi connectivity index (χ1v) is 15.8. The Hall–Kier alpha value is -4.34. The molecule has 0 bridgehead atoms. The summed E-state index contributed by atoms with van der Waals surface area (Å²) in [5.74, 6) is 0.547. The molecule has 0 fully saturated rings. The highest BCUT2D eigenvalue weighted by Gasteiger charge is 2.24. The predicted octanol–water partition coefficient (Wildman–Crippen LogP) is 6.37. The van der Waals surface area contributed by atoms with Crippen LogP contribution in [0.5, 0.6) is 5.75 Å². The van der Waals surface area contributed by atoms with E-state index in [1.54, 1.807) is 72.8 Å². The van der Waals surface area contributed by atoms with Crippen molar-refractivity contribution in [2.45, 2.75) is 30.2 Å². The molecule has 0 aliphatic heterocycles. The van der Waals surface area contributed by atoms with Crippen molar-refractivity contribution < 1.29 is 21.6 Å². The number of aromatic nitrogens is 1. The Bertz CT molecular complexity index is 1930. The van der Waals surface area contributed by atoms with Crippen LogP contribution in [0.1, 0.15) is 22.3 Å². The smallest absolute Gasteiger partial charge is 0.268 e. The van der Waals surface area contributed by atoms with Gasteiger partial charge in [0.1, 0.15) is 5.75 Å². The Labute approximate surface area is 241 Å². The number of benzene rings is 4. The second-order valence-electron chi connectivity index (χ2n) is 9.75. The molecule has 210 valence electrons. The van der Waals surface area contributed by atoms with Crippen LogP contribution in [0.15, 0.2) is 119 Å². The summed E-state index contributed by atoms with van der Waals surface area (Å²) < 4.78 is 62.8. The summed E-state index contributed by atoms with van der Waals surface area (Å²) in [5, 5.41) is 0.601. The van der Waals surface area contributed by atoms with E-state index in [4.69, 9.17) is 4.74 Å². The van der Waals surface area contributed by atoms with Gasteiger partial charge in [0.05, 0.1) is 29.0 Å². The maximum Gasteiger partial charge on any atom is 0.268 e. The van der Waals surface area contributed by atoms with Gasteiger partial charge in [-0.3, -0.25) is 4.31 Å². The molecule has 0 amide bonds. The summed E-state index contributed by atoms with van der Waals surface area (Å²) in [6, 6.07) is 27.7. The highest BCUT2D eigenvalue weighted by atomic mass is 32.2. The number of hydrogen-bond acceptors (Lipinski definition) is 5. The first kappa shape index (κ1) is 28.2. The Morgan fingerprint density at radius 3 is 2.00 bits per heavy atom. The molecule has 0 radical (unpaired) electrons. The molecule has 0 atom stereocenters. The molecule has 7 nitrogen and oxygen atoms in total. The molecule has 0 aliphatic carbocycles. The average Bonchev–Trinajstić information content (AvgIpc) is 3.34. The summed E-state index contributed by atoms with van der Waals surface area (Å²) in [6.45, 7) is 3.88. The van der Waals surface area contributed by atoms with Crippen LogP contribution >= 0.6 is 0 Å². The van der Waals surface area contributed by atoms with Gasteiger partial charge in [-0.15, -0.1) is 0 Å². The number of methoxy groups -OCH3 is 1. The lowest BCUT2D eigenvalue weighted by molar-refractivity contribution is 0.415. The van der Waals surface area contributed by atoms with Crippen molar-refractivity contribution in [2.75, 3.05) is 7.11 Å². The molecular weight excluding hydrogens is 556 g/mol. The van der Waals surface area contributed by atoms with E-state index in [1.807, 2.05) is 44.2 Å².